The van der Waals surface area contributed by atoms with Crippen molar-refractivity contribution in [3.8, 4) is 0 Å². The zero-order chi connectivity index (χ0) is 13.1. The van der Waals surface area contributed by atoms with Crippen LogP contribution in [-0.4, -0.2) is 52.3 Å². The first-order valence-electron chi connectivity index (χ1n) is 6.69. The molecule has 0 amide bonds. The van der Waals surface area contributed by atoms with Gasteiger partial charge < -0.3 is 10.5 Å². The molecule has 3 heterocycles. The van der Waals surface area contributed by atoms with E-state index in [1.165, 1.54) is 0 Å². The van der Waals surface area contributed by atoms with E-state index in [2.05, 4.69) is 15.0 Å². The Morgan fingerprint density at radius 2 is 2.16 bits per heavy atom. The van der Waals surface area contributed by atoms with Crippen LogP contribution in [0.3, 0.4) is 0 Å². The zero-order valence-corrected chi connectivity index (χ0v) is 11.0. The van der Waals surface area contributed by atoms with Gasteiger partial charge in [0.2, 0.25) is 0 Å². The Balaban J connectivity index is 1.67. The lowest BCUT2D eigenvalue weighted by Gasteiger charge is -2.25. The Labute approximate surface area is 112 Å². The standard InChI is InChI=1S/C13H19N5O/c14-10-11-1-4-18-13(9-11)15-12(16-18)2-3-17-5-7-19-8-6-17/h1,4,9H,2-3,5-8,10,14H2. The molecular weight excluding hydrogens is 242 g/mol. The Morgan fingerprint density at radius 1 is 1.32 bits per heavy atom. The number of hydrogen-bond acceptors (Lipinski definition) is 5. The van der Waals surface area contributed by atoms with Gasteiger partial charge in [0.05, 0.1) is 13.2 Å². The van der Waals surface area contributed by atoms with E-state index in [4.69, 9.17) is 10.5 Å². The number of morpholine rings is 1. The van der Waals surface area contributed by atoms with Gasteiger partial charge in [0.15, 0.2) is 11.5 Å². The molecule has 0 radical (unpaired) electrons. The second-order valence-corrected chi connectivity index (χ2v) is 4.77. The molecule has 0 unspecified atom stereocenters. The van der Waals surface area contributed by atoms with Gasteiger partial charge in [-0.2, -0.15) is 5.10 Å². The molecule has 6 nitrogen and oxygen atoms in total. The number of nitrogens with zero attached hydrogens (tertiary/aromatic N) is 4. The molecule has 2 N–H and O–H groups in total. The molecule has 3 rings (SSSR count). The van der Waals surface area contributed by atoms with Crippen molar-refractivity contribution in [2.45, 2.75) is 13.0 Å². The van der Waals surface area contributed by atoms with Crippen LogP contribution in [0.2, 0.25) is 0 Å². The van der Waals surface area contributed by atoms with Crippen LogP contribution >= 0.6 is 0 Å². The maximum atomic E-state index is 5.63. The molecule has 0 spiro atoms. The van der Waals surface area contributed by atoms with E-state index in [1.54, 1.807) is 0 Å². The first kappa shape index (κ1) is 12.5. The summed E-state index contributed by atoms with van der Waals surface area (Å²) in [7, 11) is 0. The Hall–Kier alpha value is -1.50. The van der Waals surface area contributed by atoms with Gasteiger partial charge in [-0.3, -0.25) is 4.90 Å². The van der Waals surface area contributed by atoms with Crippen molar-refractivity contribution in [2.24, 2.45) is 5.73 Å². The zero-order valence-electron chi connectivity index (χ0n) is 11.0. The molecule has 2 aromatic rings. The quantitative estimate of drug-likeness (QED) is 0.843. The van der Waals surface area contributed by atoms with Crippen molar-refractivity contribution in [3.63, 3.8) is 0 Å². The second kappa shape index (κ2) is 5.64. The molecule has 1 aliphatic rings. The molecule has 0 aromatic carbocycles. The van der Waals surface area contributed by atoms with Crippen molar-refractivity contribution in [2.75, 3.05) is 32.8 Å². The topological polar surface area (TPSA) is 68.7 Å². The van der Waals surface area contributed by atoms with Crippen molar-refractivity contribution >= 4 is 5.65 Å². The van der Waals surface area contributed by atoms with Crippen molar-refractivity contribution in [1.82, 2.24) is 19.5 Å². The van der Waals surface area contributed by atoms with Crippen LogP contribution in [-0.2, 0) is 17.7 Å². The number of ether oxygens (including phenoxy) is 1. The minimum Gasteiger partial charge on any atom is -0.379 e. The molecule has 6 heteroatoms. The van der Waals surface area contributed by atoms with Crippen molar-refractivity contribution in [3.05, 3.63) is 29.7 Å². The van der Waals surface area contributed by atoms with E-state index in [1.807, 2.05) is 22.8 Å². The summed E-state index contributed by atoms with van der Waals surface area (Å²) in [6.07, 6.45) is 2.79. The molecule has 0 bridgehead atoms. The first-order valence-corrected chi connectivity index (χ1v) is 6.69. The fourth-order valence-electron chi connectivity index (χ4n) is 2.29. The molecule has 1 saturated heterocycles. The smallest absolute Gasteiger partial charge is 0.155 e. The monoisotopic (exact) mass is 261 g/mol. The molecule has 1 aliphatic heterocycles. The van der Waals surface area contributed by atoms with Crippen LogP contribution in [0, 0.1) is 0 Å². The third kappa shape index (κ3) is 2.91. The average Bonchev–Trinajstić information content (AvgIpc) is 2.88. The molecule has 102 valence electrons. The van der Waals surface area contributed by atoms with Crippen LogP contribution in [0.25, 0.3) is 5.65 Å². The second-order valence-electron chi connectivity index (χ2n) is 4.77. The third-order valence-corrected chi connectivity index (χ3v) is 3.44. The summed E-state index contributed by atoms with van der Waals surface area (Å²) in [5, 5.41) is 4.48. The lowest BCUT2D eigenvalue weighted by atomic mass is 10.3. The average molecular weight is 261 g/mol. The lowest BCUT2D eigenvalue weighted by molar-refractivity contribution is 0.0382. The molecule has 0 atom stereocenters. The summed E-state index contributed by atoms with van der Waals surface area (Å²) in [5.74, 6) is 0.890. The van der Waals surface area contributed by atoms with Crippen LogP contribution in [0.5, 0.6) is 0 Å². The maximum absolute atomic E-state index is 5.63. The summed E-state index contributed by atoms with van der Waals surface area (Å²) in [5.41, 5.74) is 7.59. The van der Waals surface area contributed by atoms with Crippen LogP contribution in [0.15, 0.2) is 18.3 Å². The Bertz CT molecular complexity index is 547. The van der Waals surface area contributed by atoms with E-state index in [9.17, 15) is 0 Å². The number of rotatable bonds is 4. The summed E-state index contributed by atoms with van der Waals surface area (Å²) >= 11 is 0. The van der Waals surface area contributed by atoms with Crippen LogP contribution < -0.4 is 5.73 Å². The van der Waals surface area contributed by atoms with E-state index >= 15 is 0 Å². The summed E-state index contributed by atoms with van der Waals surface area (Å²) < 4.78 is 7.15. The van der Waals surface area contributed by atoms with Crippen molar-refractivity contribution in [1.29, 1.82) is 0 Å². The largest absolute Gasteiger partial charge is 0.379 e. The number of aromatic nitrogens is 3. The molecule has 19 heavy (non-hydrogen) atoms. The SMILES string of the molecule is NCc1ccn2nc(CCN3CCOCC3)nc2c1. The maximum Gasteiger partial charge on any atom is 0.155 e. The van der Waals surface area contributed by atoms with E-state index in [0.717, 1.165) is 56.3 Å². The van der Waals surface area contributed by atoms with Gasteiger partial charge in [0.1, 0.15) is 0 Å². The third-order valence-electron chi connectivity index (χ3n) is 3.44. The highest BCUT2D eigenvalue weighted by Crippen LogP contribution is 2.06. The number of hydrogen-bond donors (Lipinski definition) is 1. The van der Waals surface area contributed by atoms with Gasteiger partial charge in [0, 0.05) is 38.8 Å². The van der Waals surface area contributed by atoms with Gasteiger partial charge in [-0.1, -0.05) is 0 Å². The Kier molecular flexibility index (Phi) is 3.72. The summed E-state index contributed by atoms with van der Waals surface area (Å²) in [4.78, 5) is 6.93. The van der Waals surface area contributed by atoms with Gasteiger partial charge >= 0.3 is 0 Å². The van der Waals surface area contributed by atoms with Gasteiger partial charge in [0.25, 0.3) is 0 Å². The van der Waals surface area contributed by atoms with Gasteiger partial charge in [-0.15, -0.1) is 0 Å². The number of pyridine rings is 1. The summed E-state index contributed by atoms with van der Waals surface area (Å²) in [6.45, 7) is 5.20. The van der Waals surface area contributed by atoms with Crippen LogP contribution in [0.1, 0.15) is 11.4 Å². The minimum atomic E-state index is 0.534. The fourth-order valence-corrected chi connectivity index (χ4v) is 2.29. The van der Waals surface area contributed by atoms with E-state index in [0.29, 0.717) is 6.54 Å². The van der Waals surface area contributed by atoms with Gasteiger partial charge in [-0.25, -0.2) is 9.50 Å². The van der Waals surface area contributed by atoms with E-state index in [-0.39, 0.29) is 0 Å². The molecule has 0 aliphatic carbocycles. The molecule has 0 saturated carbocycles. The fraction of sp³-hybridized carbons (Fsp3) is 0.538. The van der Waals surface area contributed by atoms with Gasteiger partial charge in [-0.05, 0) is 17.7 Å². The predicted molar refractivity (Wildman–Crippen MR) is 71.8 cm³/mol. The van der Waals surface area contributed by atoms with Crippen LogP contribution in [0.4, 0.5) is 0 Å². The lowest BCUT2D eigenvalue weighted by Crippen LogP contribution is -2.37. The highest BCUT2D eigenvalue weighted by Gasteiger charge is 2.11. The molecule has 1 fully saturated rings. The molecule has 2 aromatic heterocycles. The predicted octanol–water partition coefficient (Wildman–Crippen LogP) is 0.0627. The first-order chi connectivity index (χ1) is 9.35. The number of nitrogens with two attached hydrogens (primary N) is 1. The van der Waals surface area contributed by atoms with Crippen molar-refractivity contribution < 1.29 is 4.74 Å². The Morgan fingerprint density at radius 3 is 2.95 bits per heavy atom. The van der Waals surface area contributed by atoms with E-state index < -0.39 is 0 Å². The number of fused-ring (bicyclic) bond motifs is 1. The summed E-state index contributed by atoms with van der Waals surface area (Å²) in [6, 6.07) is 3.97. The highest BCUT2D eigenvalue weighted by atomic mass is 16.5. The molecular formula is C13H19N5O. The highest BCUT2D eigenvalue weighted by molar-refractivity contribution is 5.40. The minimum absolute atomic E-state index is 0.534. The normalized spacial score (nSPS) is 17.1.